The Hall–Kier alpha value is -0.850. The second kappa shape index (κ2) is 10.0. The number of carbonyl (C=O) groups is 1. The summed E-state index contributed by atoms with van der Waals surface area (Å²) in [6, 6.07) is 1.93. The van der Waals surface area contributed by atoms with Crippen LogP contribution >= 0.6 is 24.2 Å². The van der Waals surface area contributed by atoms with Crippen molar-refractivity contribution in [2.45, 2.75) is 38.3 Å². The first-order chi connectivity index (χ1) is 10.1. The standard InChI is InChI=1S/C15H24N4OS.ClH/c1-11-8-12(2)19-15(18-11)21-10-14(20)17-7-5-13-4-3-6-16-9-13;/h8,13,16H,3-7,9-10H2,1-2H3,(H,17,20);1H. The fourth-order valence-corrected chi connectivity index (χ4v) is 3.30. The molecule has 0 bridgehead atoms. The molecular weight excluding hydrogens is 320 g/mol. The van der Waals surface area contributed by atoms with Gasteiger partial charge in [0.15, 0.2) is 5.16 Å². The number of halogens is 1. The summed E-state index contributed by atoms with van der Waals surface area (Å²) in [4.78, 5) is 20.5. The van der Waals surface area contributed by atoms with Gasteiger partial charge in [-0.25, -0.2) is 9.97 Å². The Morgan fingerprint density at radius 3 is 2.77 bits per heavy atom. The summed E-state index contributed by atoms with van der Waals surface area (Å²) in [6.45, 7) is 6.86. The molecule has 2 N–H and O–H groups in total. The van der Waals surface area contributed by atoms with Crippen LogP contribution in [0.2, 0.25) is 0 Å². The van der Waals surface area contributed by atoms with Gasteiger partial charge in [0.1, 0.15) is 0 Å². The van der Waals surface area contributed by atoms with Crippen molar-refractivity contribution in [2.24, 2.45) is 5.92 Å². The van der Waals surface area contributed by atoms with Gasteiger partial charge in [0.2, 0.25) is 5.91 Å². The molecule has 1 saturated heterocycles. The van der Waals surface area contributed by atoms with Crippen LogP contribution in [0.1, 0.15) is 30.7 Å². The van der Waals surface area contributed by atoms with Crippen LogP contribution in [0.15, 0.2) is 11.2 Å². The van der Waals surface area contributed by atoms with E-state index in [9.17, 15) is 4.79 Å². The average molecular weight is 345 g/mol. The minimum absolute atomic E-state index is 0. The Balaban J connectivity index is 0.00000242. The summed E-state index contributed by atoms with van der Waals surface area (Å²) in [7, 11) is 0. The van der Waals surface area contributed by atoms with Gasteiger partial charge in [-0.05, 0) is 58.2 Å². The normalized spacial score (nSPS) is 17.6. The summed E-state index contributed by atoms with van der Waals surface area (Å²) in [5.74, 6) is 1.15. The van der Waals surface area contributed by atoms with Crippen molar-refractivity contribution < 1.29 is 4.79 Å². The highest BCUT2D eigenvalue weighted by molar-refractivity contribution is 7.99. The van der Waals surface area contributed by atoms with Gasteiger partial charge in [-0.1, -0.05) is 11.8 Å². The zero-order valence-corrected chi connectivity index (χ0v) is 14.9. The van der Waals surface area contributed by atoms with Gasteiger partial charge in [-0.2, -0.15) is 0 Å². The monoisotopic (exact) mass is 344 g/mol. The molecule has 1 aliphatic heterocycles. The lowest BCUT2D eigenvalue weighted by Gasteiger charge is -2.22. The molecule has 22 heavy (non-hydrogen) atoms. The number of carbonyl (C=O) groups excluding carboxylic acids is 1. The van der Waals surface area contributed by atoms with Gasteiger partial charge < -0.3 is 10.6 Å². The van der Waals surface area contributed by atoms with Crippen LogP contribution in [0.3, 0.4) is 0 Å². The molecule has 0 spiro atoms. The first-order valence-electron chi connectivity index (χ1n) is 7.56. The second-order valence-corrected chi connectivity index (χ2v) is 6.52. The molecule has 124 valence electrons. The molecule has 0 aromatic carbocycles. The van der Waals surface area contributed by atoms with Gasteiger partial charge in [0.05, 0.1) is 5.75 Å². The maximum atomic E-state index is 11.8. The quantitative estimate of drug-likeness (QED) is 0.611. The Bertz CT molecular complexity index is 460. The van der Waals surface area contributed by atoms with Crippen molar-refractivity contribution in [1.82, 2.24) is 20.6 Å². The average Bonchev–Trinajstić information content (AvgIpc) is 2.45. The third-order valence-electron chi connectivity index (χ3n) is 3.57. The highest BCUT2D eigenvalue weighted by Gasteiger charge is 2.13. The van der Waals surface area contributed by atoms with Crippen molar-refractivity contribution in [3.63, 3.8) is 0 Å². The molecule has 0 aliphatic carbocycles. The number of aryl methyl sites for hydroxylation is 2. The van der Waals surface area contributed by atoms with Gasteiger partial charge in [0.25, 0.3) is 0 Å². The Kier molecular flexibility index (Phi) is 8.75. The highest BCUT2D eigenvalue weighted by Crippen LogP contribution is 2.14. The van der Waals surface area contributed by atoms with Crippen LogP contribution in [-0.4, -0.2) is 41.3 Å². The SMILES string of the molecule is Cc1cc(C)nc(SCC(=O)NCCC2CCCNC2)n1.Cl. The van der Waals surface area contributed by atoms with E-state index >= 15 is 0 Å². The summed E-state index contributed by atoms with van der Waals surface area (Å²) in [5, 5.41) is 7.06. The fourth-order valence-electron chi connectivity index (χ4n) is 2.53. The molecule has 7 heteroatoms. The van der Waals surface area contributed by atoms with E-state index < -0.39 is 0 Å². The number of nitrogens with one attached hydrogen (secondary N) is 2. The van der Waals surface area contributed by atoms with Crippen LogP contribution in [0.4, 0.5) is 0 Å². The molecule has 0 saturated carbocycles. The van der Waals surface area contributed by atoms with Crippen LogP contribution in [0, 0.1) is 19.8 Å². The first kappa shape index (κ1) is 19.2. The third kappa shape index (κ3) is 6.94. The summed E-state index contributed by atoms with van der Waals surface area (Å²) in [5.41, 5.74) is 1.88. The molecule has 1 aromatic heterocycles. The molecule has 2 heterocycles. The van der Waals surface area contributed by atoms with Crippen molar-refractivity contribution in [2.75, 3.05) is 25.4 Å². The van der Waals surface area contributed by atoms with Gasteiger partial charge in [-0.3, -0.25) is 4.79 Å². The largest absolute Gasteiger partial charge is 0.355 e. The number of amides is 1. The molecule has 5 nitrogen and oxygen atoms in total. The van der Waals surface area contributed by atoms with E-state index in [-0.39, 0.29) is 18.3 Å². The third-order valence-corrected chi connectivity index (χ3v) is 4.42. The number of aromatic nitrogens is 2. The van der Waals surface area contributed by atoms with Crippen LogP contribution < -0.4 is 10.6 Å². The fraction of sp³-hybridized carbons (Fsp3) is 0.667. The van der Waals surface area contributed by atoms with Crippen molar-refractivity contribution in [3.8, 4) is 0 Å². The van der Waals surface area contributed by atoms with Crippen LogP contribution in [0.5, 0.6) is 0 Å². The minimum Gasteiger partial charge on any atom is -0.355 e. The second-order valence-electron chi connectivity index (χ2n) is 5.57. The molecular formula is C15H25ClN4OS. The first-order valence-corrected chi connectivity index (χ1v) is 8.54. The summed E-state index contributed by atoms with van der Waals surface area (Å²) in [6.07, 6.45) is 3.58. The molecule has 0 radical (unpaired) electrons. The number of thioether (sulfide) groups is 1. The Morgan fingerprint density at radius 1 is 1.41 bits per heavy atom. The molecule has 1 fully saturated rings. The Labute approximate surface area is 142 Å². The topological polar surface area (TPSA) is 66.9 Å². The molecule has 1 amide bonds. The van der Waals surface area contributed by atoms with Crippen LogP contribution in [-0.2, 0) is 4.79 Å². The number of hydrogen-bond acceptors (Lipinski definition) is 5. The van der Waals surface area contributed by atoms with E-state index in [0.717, 1.165) is 37.4 Å². The molecule has 1 aliphatic rings. The lowest BCUT2D eigenvalue weighted by Crippen LogP contribution is -2.33. The van der Waals surface area contributed by atoms with E-state index in [1.165, 1.54) is 24.6 Å². The van der Waals surface area contributed by atoms with Gasteiger partial charge in [0, 0.05) is 17.9 Å². The predicted octanol–water partition coefficient (Wildman–Crippen LogP) is 2.11. The number of rotatable bonds is 6. The van der Waals surface area contributed by atoms with Crippen molar-refractivity contribution in [3.05, 3.63) is 17.5 Å². The highest BCUT2D eigenvalue weighted by atomic mass is 35.5. The molecule has 1 aromatic rings. The van der Waals surface area contributed by atoms with Crippen molar-refractivity contribution in [1.29, 1.82) is 0 Å². The predicted molar refractivity (Wildman–Crippen MR) is 92.7 cm³/mol. The minimum atomic E-state index is 0. The van der Waals surface area contributed by atoms with E-state index in [1.54, 1.807) is 0 Å². The number of hydrogen-bond donors (Lipinski definition) is 2. The molecule has 1 unspecified atom stereocenters. The smallest absolute Gasteiger partial charge is 0.230 e. The molecule has 2 rings (SSSR count). The lowest BCUT2D eigenvalue weighted by atomic mass is 9.96. The maximum Gasteiger partial charge on any atom is 0.230 e. The van der Waals surface area contributed by atoms with E-state index in [1.807, 2.05) is 19.9 Å². The van der Waals surface area contributed by atoms with E-state index in [2.05, 4.69) is 20.6 Å². The lowest BCUT2D eigenvalue weighted by molar-refractivity contribution is -0.118. The number of nitrogens with zero attached hydrogens (tertiary/aromatic N) is 2. The van der Waals surface area contributed by atoms with E-state index in [4.69, 9.17) is 0 Å². The van der Waals surface area contributed by atoms with Gasteiger partial charge >= 0.3 is 0 Å². The summed E-state index contributed by atoms with van der Waals surface area (Å²) >= 11 is 1.40. The maximum absolute atomic E-state index is 11.8. The van der Waals surface area contributed by atoms with Gasteiger partial charge in [-0.15, -0.1) is 12.4 Å². The zero-order valence-electron chi connectivity index (χ0n) is 13.2. The van der Waals surface area contributed by atoms with Crippen LogP contribution in [0.25, 0.3) is 0 Å². The van der Waals surface area contributed by atoms with Crippen molar-refractivity contribution >= 4 is 30.1 Å². The summed E-state index contributed by atoms with van der Waals surface area (Å²) < 4.78 is 0. The van der Waals surface area contributed by atoms with E-state index in [0.29, 0.717) is 16.8 Å². The molecule has 1 atom stereocenters. The Morgan fingerprint density at radius 2 is 2.14 bits per heavy atom. The number of piperidine rings is 1. The zero-order chi connectivity index (χ0) is 15.1.